The molecule has 3 rings (SSSR count). The lowest BCUT2D eigenvalue weighted by Crippen LogP contribution is -2.41. The predicted octanol–water partition coefficient (Wildman–Crippen LogP) is 3.74. The number of thioether (sulfide) groups is 1. The molecule has 1 amide bonds. The lowest BCUT2D eigenvalue weighted by Gasteiger charge is -2.31. The molecule has 1 aliphatic rings. The van der Waals surface area contributed by atoms with Gasteiger partial charge >= 0.3 is 0 Å². The quantitative estimate of drug-likeness (QED) is 0.531. The van der Waals surface area contributed by atoms with Crippen LogP contribution in [0.15, 0.2) is 23.4 Å². The Hall–Kier alpha value is -2.22. The molecule has 1 fully saturated rings. The molecular weight excluding hydrogens is 398 g/mol. The van der Waals surface area contributed by atoms with Gasteiger partial charge in [0.1, 0.15) is 12.4 Å². The topological polar surface area (TPSA) is 86.3 Å². The lowest BCUT2D eigenvalue weighted by atomic mass is 9.99. The van der Waals surface area contributed by atoms with Crippen molar-refractivity contribution in [3.05, 3.63) is 35.2 Å². The Balaban J connectivity index is 1.62. The number of carbonyl (C=O) groups excluding carboxylic acids is 1. The maximum absolute atomic E-state index is 12.8. The van der Waals surface area contributed by atoms with Crippen molar-refractivity contribution in [3.63, 3.8) is 0 Å². The second-order valence-electron chi connectivity index (χ2n) is 8.52. The van der Waals surface area contributed by atoms with Gasteiger partial charge in [0.05, 0.1) is 5.25 Å². The number of benzene rings is 1. The smallest absolute Gasteiger partial charge is 0.235 e. The third-order valence-corrected chi connectivity index (χ3v) is 6.65. The number of amides is 1. The fourth-order valence-electron chi connectivity index (χ4n) is 3.57. The Kier molecular flexibility index (Phi) is 7.28. The summed E-state index contributed by atoms with van der Waals surface area (Å²) in [6.45, 7) is 12.3. The molecule has 7 nitrogen and oxygen atoms in total. The van der Waals surface area contributed by atoms with E-state index in [1.165, 1.54) is 16.4 Å². The largest absolute Gasteiger partial charge is 0.485 e. The van der Waals surface area contributed by atoms with Crippen LogP contribution in [0, 0.1) is 12.8 Å². The number of piperidine rings is 1. The molecule has 30 heavy (non-hydrogen) atoms. The van der Waals surface area contributed by atoms with Gasteiger partial charge in [-0.1, -0.05) is 44.7 Å². The summed E-state index contributed by atoms with van der Waals surface area (Å²) in [5.74, 6) is 8.75. The van der Waals surface area contributed by atoms with Crippen molar-refractivity contribution in [2.24, 2.45) is 5.92 Å². The fourth-order valence-corrected chi connectivity index (χ4v) is 4.44. The van der Waals surface area contributed by atoms with E-state index in [9.17, 15) is 4.79 Å². The first-order valence-electron chi connectivity index (χ1n) is 10.6. The number of nitrogens with zero attached hydrogens (tertiary/aromatic N) is 4. The molecule has 0 unspecified atom stereocenters. The first-order chi connectivity index (χ1) is 14.3. The highest BCUT2D eigenvalue weighted by molar-refractivity contribution is 8.00. The zero-order valence-electron chi connectivity index (χ0n) is 18.6. The van der Waals surface area contributed by atoms with Crippen molar-refractivity contribution >= 4 is 17.7 Å². The van der Waals surface area contributed by atoms with E-state index < -0.39 is 0 Å². The van der Waals surface area contributed by atoms with Crippen molar-refractivity contribution in [2.75, 3.05) is 18.9 Å². The molecule has 0 saturated carbocycles. The van der Waals surface area contributed by atoms with E-state index in [0.717, 1.165) is 42.8 Å². The van der Waals surface area contributed by atoms with Crippen molar-refractivity contribution in [2.45, 2.75) is 70.4 Å². The number of carbonyl (C=O) groups is 1. The zero-order chi connectivity index (χ0) is 21.8. The molecule has 0 aliphatic carbocycles. The molecule has 1 atom stereocenters. The summed E-state index contributed by atoms with van der Waals surface area (Å²) in [5, 5.41) is 8.62. The third-order valence-electron chi connectivity index (χ3n) is 5.61. The molecule has 2 N–H and O–H groups in total. The number of nitrogen functional groups attached to an aromatic ring is 1. The molecule has 1 aliphatic heterocycles. The van der Waals surface area contributed by atoms with E-state index in [-0.39, 0.29) is 17.8 Å². The Morgan fingerprint density at radius 2 is 1.97 bits per heavy atom. The number of nitrogens with two attached hydrogens (primary N) is 1. The van der Waals surface area contributed by atoms with Gasteiger partial charge in [-0.2, -0.15) is 0 Å². The van der Waals surface area contributed by atoms with Gasteiger partial charge in [-0.15, -0.1) is 10.2 Å². The number of likely N-dealkylation sites (tertiary alicyclic amines) is 1. The van der Waals surface area contributed by atoms with Crippen molar-refractivity contribution < 1.29 is 9.53 Å². The first kappa shape index (κ1) is 22.5. The summed E-state index contributed by atoms with van der Waals surface area (Å²) in [7, 11) is 0. The van der Waals surface area contributed by atoms with Gasteiger partial charge in [0.25, 0.3) is 0 Å². The van der Waals surface area contributed by atoms with E-state index in [1.54, 1.807) is 0 Å². The monoisotopic (exact) mass is 431 g/mol. The number of hydrogen-bond donors (Lipinski definition) is 1. The number of hydrogen-bond acceptors (Lipinski definition) is 6. The summed E-state index contributed by atoms with van der Waals surface area (Å²) in [6, 6.07) is 6.21. The van der Waals surface area contributed by atoms with E-state index in [4.69, 9.17) is 10.6 Å². The molecule has 1 aromatic heterocycles. The van der Waals surface area contributed by atoms with Crippen LogP contribution in [0.2, 0.25) is 0 Å². The summed E-state index contributed by atoms with van der Waals surface area (Å²) in [6.07, 6.45) is 2.13. The molecule has 8 heteroatoms. The highest BCUT2D eigenvalue weighted by Crippen LogP contribution is 2.29. The Morgan fingerprint density at radius 1 is 1.27 bits per heavy atom. The van der Waals surface area contributed by atoms with Gasteiger partial charge in [-0.05, 0) is 55.7 Å². The minimum Gasteiger partial charge on any atom is -0.485 e. The molecule has 164 valence electrons. The lowest BCUT2D eigenvalue weighted by molar-refractivity contribution is -0.131. The number of aromatic nitrogens is 3. The molecule has 1 aromatic carbocycles. The molecule has 1 saturated heterocycles. The SMILES string of the molecule is Cc1ccc(C(C)C)c(OCc2nnc(S[C@H](C)C(=O)N3CCC(C)CC3)n2N)c1. The second kappa shape index (κ2) is 9.73. The molecule has 0 radical (unpaired) electrons. The molecular formula is C22H33N5O2S. The number of ether oxygens (including phenoxy) is 1. The van der Waals surface area contributed by atoms with Crippen molar-refractivity contribution in [1.82, 2.24) is 19.8 Å². The predicted molar refractivity (Wildman–Crippen MR) is 120 cm³/mol. The van der Waals surface area contributed by atoms with Gasteiger partial charge in [0.15, 0.2) is 5.82 Å². The number of aryl methyl sites for hydroxylation is 1. The first-order valence-corrected chi connectivity index (χ1v) is 11.5. The van der Waals surface area contributed by atoms with E-state index in [0.29, 0.717) is 22.8 Å². The minimum atomic E-state index is -0.261. The average Bonchev–Trinajstić information content (AvgIpc) is 3.05. The van der Waals surface area contributed by atoms with Crippen molar-refractivity contribution in [3.8, 4) is 5.75 Å². The van der Waals surface area contributed by atoms with Gasteiger partial charge in [0, 0.05) is 13.1 Å². The van der Waals surface area contributed by atoms with Gasteiger partial charge in [-0.25, -0.2) is 4.68 Å². The van der Waals surface area contributed by atoms with Gasteiger partial charge in [0.2, 0.25) is 11.1 Å². The highest BCUT2D eigenvalue weighted by Gasteiger charge is 2.26. The summed E-state index contributed by atoms with van der Waals surface area (Å²) in [4.78, 5) is 14.7. The van der Waals surface area contributed by atoms with Crippen molar-refractivity contribution in [1.29, 1.82) is 0 Å². The Morgan fingerprint density at radius 3 is 2.63 bits per heavy atom. The van der Waals surface area contributed by atoms with Crippen LogP contribution in [0.1, 0.15) is 63.4 Å². The maximum atomic E-state index is 12.8. The standard InChI is InChI=1S/C22H33N5O2S/c1-14(2)18-7-6-16(4)12-19(18)29-13-20-24-25-22(27(20)23)30-17(5)21(28)26-10-8-15(3)9-11-26/h6-7,12,14-15,17H,8-11,13,23H2,1-5H3/t17-/m1/s1. The number of rotatable bonds is 7. The maximum Gasteiger partial charge on any atom is 0.235 e. The van der Waals surface area contributed by atoms with Crippen LogP contribution in [-0.4, -0.2) is 44.0 Å². The Labute approximate surface area is 183 Å². The van der Waals surface area contributed by atoms with Crippen LogP contribution in [0.25, 0.3) is 0 Å². The third kappa shape index (κ3) is 5.28. The highest BCUT2D eigenvalue weighted by atomic mass is 32.2. The van der Waals surface area contributed by atoms with E-state index in [1.807, 2.05) is 24.8 Å². The second-order valence-corrected chi connectivity index (χ2v) is 9.83. The zero-order valence-corrected chi connectivity index (χ0v) is 19.4. The van der Waals surface area contributed by atoms with E-state index in [2.05, 4.69) is 43.1 Å². The molecule has 0 spiro atoms. The molecule has 2 heterocycles. The van der Waals surface area contributed by atoms with Crippen LogP contribution >= 0.6 is 11.8 Å². The van der Waals surface area contributed by atoms with E-state index >= 15 is 0 Å². The summed E-state index contributed by atoms with van der Waals surface area (Å²) >= 11 is 1.34. The minimum absolute atomic E-state index is 0.133. The molecule has 0 bridgehead atoms. The average molecular weight is 432 g/mol. The fraction of sp³-hybridized carbons (Fsp3) is 0.591. The van der Waals surface area contributed by atoms with Gasteiger partial charge in [-0.3, -0.25) is 4.79 Å². The van der Waals surface area contributed by atoms with Crippen LogP contribution in [0.3, 0.4) is 0 Å². The van der Waals surface area contributed by atoms with Gasteiger partial charge < -0.3 is 15.5 Å². The van der Waals surface area contributed by atoms with Crippen LogP contribution in [0.5, 0.6) is 5.75 Å². The van der Waals surface area contributed by atoms with Crippen LogP contribution < -0.4 is 10.6 Å². The summed E-state index contributed by atoms with van der Waals surface area (Å²) < 4.78 is 7.46. The normalized spacial score (nSPS) is 16.1. The van der Waals surface area contributed by atoms with Crippen LogP contribution in [-0.2, 0) is 11.4 Å². The van der Waals surface area contributed by atoms with Crippen LogP contribution in [0.4, 0.5) is 0 Å². The summed E-state index contributed by atoms with van der Waals surface area (Å²) in [5.41, 5.74) is 2.28. The molecule has 2 aromatic rings. The Bertz CT molecular complexity index is 874.